The second-order valence-electron chi connectivity index (χ2n) is 4.65. The number of carbonyl (C=O) groups excluding carboxylic acids is 3. The zero-order valence-electron chi connectivity index (χ0n) is 12.2. The van der Waals surface area contributed by atoms with Gasteiger partial charge in [0.1, 0.15) is 17.2 Å². The molecule has 0 saturated heterocycles. The molecule has 0 heterocycles. The summed E-state index contributed by atoms with van der Waals surface area (Å²) in [4.78, 5) is 33.8. The van der Waals surface area contributed by atoms with Crippen molar-refractivity contribution < 1.29 is 28.4 Å². The van der Waals surface area contributed by atoms with Crippen LogP contribution in [0, 0.1) is 11.6 Å². The van der Waals surface area contributed by atoms with Gasteiger partial charge >= 0.3 is 6.03 Å². The van der Waals surface area contributed by atoms with Crippen LogP contribution in [0.4, 0.5) is 13.6 Å². The fourth-order valence-electron chi connectivity index (χ4n) is 1.77. The average molecular weight is 329 g/mol. The van der Waals surface area contributed by atoms with E-state index in [1.165, 1.54) is 5.48 Å². The number of unbranched alkanes of at least 4 members (excludes halogenated alkanes) is 2. The number of imide groups is 1. The van der Waals surface area contributed by atoms with E-state index in [1.807, 2.05) is 5.32 Å². The van der Waals surface area contributed by atoms with Crippen molar-refractivity contribution in [2.45, 2.75) is 25.7 Å². The highest BCUT2D eigenvalue weighted by Gasteiger charge is 2.18. The summed E-state index contributed by atoms with van der Waals surface area (Å²) in [5.41, 5.74) is 0.681. The monoisotopic (exact) mass is 329 g/mol. The topological polar surface area (TPSA) is 108 Å². The number of hydrogen-bond acceptors (Lipinski definition) is 4. The van der Waals surface area contributed by atoms with Crippen LogP contribution < -0.4 is 16.1 Å². The largest absolute Gasteiger partial charge is 0.338 e. The molecule has 0 saturated carbocycles. The van der Waals surface area contributed by atoms with E-state index in [4.69, 9.17) is 5.21 Å². The summed E-state index contributed by atoms with van der Waals surface area (Å²) in [6, 6.07) is 2.07. The molecule has 1 rings (SSSR count). The molecule has 0 spiro atoms. The minimum Gasteiger partial charge on any atom is -0.338 e. The van der Waals surface area contributed by atoms with E-state index in [0.29, 0.717) is 19.3 Å². The Hall–Kier alpha value is -2.55. The van der Waals surface area contributed by atoms with E-state index >= 15 is 0 Å². The van der Waals surface area contributed by atoms with Crippen LogP contribution in [0.15, 0.2) is 18.2 Å². The quantitative estimate of drug-likeness (QED) is 0.345. The predicted octanol–water partition coefficient (Wildman–Crippen LogP) is 1.47. The molecular weight excluding hydrogens is 312 g/mol. The van der Waals surface area contributed by atoms with Crippen molar-refractivity contribution in [1.29, 1.82) is 0 Å². The Balaban J connectivity index is 2.29. The molecule has 0 bridgehead atoms. The van der Waals surface area contributed by atoms with E-state index in [0.717, 1.165) is 18.2 Å². The van der Waals surface area contributed by atoms with Crippen LogP contribution in [0.5, 0.6) is 0 Å². The minimum absolute atomic E-state index is 0.160. The SMILES string of the molecule is O=C(CCCCCNC(=O)NC(=O)c1c(F)cccc1F)NO. The van der Waals surface area contributed by atoms with Gasteiger partial charge in [-0.25, -0.2) is 19.1 Å². The van der Waals surface area contributed by atoms with Gasteiger partial charge in [0.25, 0.3) is 5.91 Å². The summed E-state index contributed by atoms with van der Waals surface area (Å²) in [5, 5.41) is 12.5. The fraction of sp³-hybridized carbons (Fsp3) is 0.357. The Morgan fingerprint density at radius 3 is 2.30 bits per heavy atom. The van der Waals surface area contributed by atoms with Crippen LogP contribution in [0.3, 0.4) is 0 Å². The lowest BCUT2D eigenvalue weighted by Gasteiger charge is -2.08. The second-order valence-corrected chi connectivity index (χ2v) is 4.65. The van der Waals surface area contributed by atoms with Crippen molar-refractivity contribution >= 4 is 17.8 Å². The molecule has 0 aliphatic rings. The molecule has 1 aromatic rings. The number of urea groups is 1. The van der Waals surface area contributed by atoms with Gasteiger partial charge in [-0.2, -0.15) is 0 Å². The molecule has 0 aliphatic carbocycles. The summed E-state index contributed by atoms with van der Waals surface area (Å²) in [7, 11) is 0. The van der Waals surface area contributed by atoms with Gasteiger partial charge in [-0.3, -0.25) is 20.1 Å². The normalized spacial score (nSPS) is 10.0. The highest BCUT2D eigenvalue weighted by Crippen LogP contribution is 2.11. The maximum absolute atomic E-state index is 13.4. The van der Waals surface area contributed by atoms with Gasteiger partial charge < -0.3 is 5.32 Å². The summed E-state index contributed by atoms with van der Waals surface area (Å²) < 4.78 is 26.7. The summed E-state index contributed by atoms with van der Waals surface area (Å²) in [6.07, 6.45) is 1.83. The van der Waals surface area contributed by atoms with Crippen molar-refractivity contribution in [3.63, 3.8) is 0 Å². The van der Waals surface area contributed by atoms with Crippen LogP contribution in [-0.2, 0) is 4.79 Å². The molecule has 0 unspecified atom stereocenters. The molecule has 23 heavy (non-hydrogen) atoms. The highest BCUT2D eigenvalue weighted by molar-refractivity contribution is 6.04. The lowest BCUT2D eigenvalue weighted by atomic mass is 10.2. The van der Waals surface area contributed by atoms with Crippen LogP contribution in [-0.4, -0.2) is 29.6 Å². The summed E-state index contributed by atoms with van der Waals surface area (Å²) in [5.74, 6) is -3.78. The van der Waals surface area contributed by atoms with Gasteiger partial charge in [0, 0.05) is 13.0 Å². The van der Waals surface area contributed by atoms with Gasteiger partial charge in [0.15, 0.2) is 0 Å². The predicted molar refractivity (Wildman–Crippen MR) is 75.6 cm³/mol. The Labute approximate surface area is 131 Å². The van der Waals surface area contributed by atoms with E-state index in [9.17, 15) is 23.2 Å². The van der Waals surface area contributed by atoms with Crippen molar-refractivity contribution in [3.05, 3.63) is 35.4 Å². The zero-order valence-corrected chi connectivity index (χ0v) is 12.2. The lowest BCUT2D eigenvalue weighted by molar-refractivity contribution is -0.129. The Morgan fingerprint density at radius 2 is 1.70 bits per heavy atom. The van der Waals surface area contributed by atoms with Crippen LogP contribution in [0.2, 0.25) is 0 Å². The van der Waals surface area contributed by atoms with Gasteiger partial charge in [-0.15, -0.1) is 0 Å². The Kier molecular flexibility index (Phi) is 7.61. The minimum atomic E-state index is -1.17. The standard InChI is InChI=1S/C14H17F2N3O4/c15-9-5-4-6-10(16)12(9)13(21)18-14(22)17-8-3-1-2-7-11(20)19-23/h4-6,23H,1-3,7-8H2,(H,19,20)(H2,17,18,21,22). The smallest absolute Gasteiger partial charge is 0.321 e. The first-order valence-corrected chi connectivity index (χ1v) is 6.92. The van der Waals surface area contributed by atoms with Crippen LogP contribution in [0.1, 0.15) is 36.0 Å². The summed E-state index contributed by atoms with van der Waals surface area (Å²) >= 11 is 0. The van der Waals surface area contributed by atoms with Gasteiger partial charge in [-0.05, 0) is 25.0 Å². The first kappa shape index (κ1) is 18.5. The van der Waals surface area contributed by atoms with Crippen molar-refractivity contribution in [1.82, 2.24) is 16.1 Å². The van der Waals surface area contributed by atoms with E-state index in [1.54, 1.807) is 0 Å². The zero-order chi connectivity index (χ0) is 17.2. The third-order valence-electron chi connectivity index (χ3n) is 2.91. The third kappa shape index (κ3) is 6.39. The number of rotatable bonds is 7. The molecular formula is C14H17F2N3O4. The number of amides is 4. The molecule has 0 aliphatic heterocycles. The molecule has 4 N–H and O–H groups in total. The lowest BCUT2D eigenvalue weighted by Crippen LogP contribution is -2.40. The first-order valence-electron chi connectivity index (χ1n) is 6.92. The number of carbonyl (C=O) groups is 3. The van der Waals surface area contributed by atoms with Crippen LogP contribution >= 0.6 is 0 Å². The first-order chi connectivity index (χ1) is 11.0. The number of halogens is 2. The van der Waals surface area contributed by atoms with E-state index < -0.39 is 35.0 Å². The molecule has 126 valence electrons. The Bertz CT molecular complexity index is 561. The molecule has 7 nitrogen and oxygen atoms in total. The number of nitrogens with one attached hydrogen (secondary N) is 3. The molecule has 4 amide bonds. The maximum atomic E-state index is 13.4. The van der Waals surface area contributed by atoms with E-state index in [2.05, 4.69) is 5.32 Å². The van der Waals surface area contributed by atoms with Gasteiger partial charge in [0.05, 0.1) is 0 Å². The number of hydrogen-bond donors (Lipinski definition) is 4. The van der Waals surface area contributed by atoms with Gasteiger partial charge in [0.2, 0.25) is 5.91 Å². The van der Waals surface area contributed by atoms with Crippen molar-refractivity contribution in [3.8, 4) is 0 Å². The molecule has 0 radical (unpaired) electrons. The second kappa shape index (κ2) is 9.46. The Morgan fingerprint density at radius 1 is 1.04 bits per heavy atom. The van der Waals surface area contributed by atoms with Crippen molar-refractivity contribution in [2.24, 2.45) is 0 Å². The molecule has 9 heteroatoms. The highest BCUT2D eigenvalue weighted by atomic mass is 19.1. The summed E-state index contributed by atoms with van der Waals surface area (Å²) in [6.45, 7) is 0.222. The maximum Gasteiger partial charge on any atom is 0.321 e. The average Bonchev–Trinajstić information content (AvgIpc) is 2.50. The third-order valence-corrected chi connectivity index (χ3v) is 2.91. The molecule has 0 aromatic heterocycles. The number of benzene rings is 1. The van der Waals surface area contributed by atoms with Gasteiger partial charge in [-0.1, -0.05) is 12.5 Å². The molecule has 1 aromatic carbocycles. The number of hydroxylamine groups is 1. The molecule has 0 fully saturated rings. The van der Waals surface area contributed by atoms with E-state index in [-0.39, 0.29) is 13.0 Å². The van der Waals surface area contributed by atoms with Crippen molar-refractivity contribution in [2.75, 3.05) is 6.54 Å². The van der Waals surface area contributed by atoms with Crippen LogP contribution in [0.25, 0.3) is 0 Å². The fourth-order valence-corrected chi connectivity index (χ4v) is 1.77. The molecule has 0 atom stereocenters.